The topological polar surface area (TPSA) is 96.3 Å². The number of amides is 2. The van der Waals surface area contributed by atoms with Crippen LogP contribution >= 0.6 is 0 Å². The molecule has 1 rings (SSSR count). The van der Waals surface area contributed by atoms with Gasteiger partial charge in [0, 0.05) is 31.4 Å². The summed E-state index contributed by atoms with van der Waals surface area (Å²) in [6, 6.07) is 1.61. The van der Waals surface area contributed by atoms with E-state index in [0.717, 1.165) is 6.42 Å². The van der Waals surface area contributed by atoms with Crippen LogP contribution in [0.2, 0.25) is 0 Å². The van der Waals surface area contributed by atoms with Crippen LogP contribution in [0.3, 0.4) is 0 Å². The Kier molecular flexibility index (Phi) is 7.28. The lowest BCUT2D eigenvalue weighted by molar-refractivity contribution is -0.137. The predicted octanol–water partition coefficient (Wildman–Crippen LogP) is 1.46. The molecule has 1 aromatic rings. The van der Waals surface area contributed by atoms with Crippen molar-refractivity contribution in [1.29, 1.82) is 0 Å². The van der Waals surface area contributed by atoms with Gasteiger partial charge in [-0.3, -0.25) is 9.48 Å². The highest BCUT2D eigenvalue weighted by Gasteiger charge is 2.09. The summed E-state index contributed by atoms with van der Waals surface area (Å²) in [7, 11) is 0. The quantitative estimate of drug-likeness (QED) is 0.643. The molecule has 0 radical (unpaired) electrons. The van der Waals surface area contributed by atoms with E-state index in [1.165, 1.54) is 0 Å². The van der Waals surface area contributed by atoms with Gasteiger partial charge in [0.05, 0.1) is 6.54 Å². The first-order valence-electron chi connectivity index (χ1n) is 7.21. The highest BCUT2D eigenvalue weighted by Crippen LogP contribution is 2.08. The Morgan fingerprint density at radius 2 is 2.10 bits per heavy atom. The third-order valence-electron chi connectivity index (χ3n) is 3.17. The van der Waals surface area contributed by atoms with E-state index in [9.17, 15) is 9.59 Å². The first-order valence-corrected chi connectivity index (χ1v) is 7.21. The fraction of sp³-hybridized carbons (Fsp3) is 0.643. The summed E-state index contributed by atoms with van der Waals surface area (Å²) < 4.78 is 1.76. The molecule has 0 aromatic carbocycles. The van der Waals surface area contributed by atoms with E-state index in [-0.39, 0.29) is 24.4 Å². The number of carbonyl (C=O) groups is 2. The highest BCUT2D eigenvalue weighted by atomic mass is 16.4. The maximum absolute atomic E-state index is 11.7. The van der Waals surface area contributed by atoms with Crippen LogP contribution in [0.25, 0.3) is 0 Å². The van der Waals surface area contributed by atoms with E-state index in [0.29, 0.717) is 19.5 Å². The van der Waals surface area contributed by atoms with Crippen LogP contribution in [0.15, 0.2) is 18.5 Å². The number of rotatable bonds is 9. The normalized spacial score (nSPS) is 13.4. The minimum absolute atomic E-state index is 0.0191. The molecule has 2 amide bonds. The van der Waals surface area contributed by atoms with Crippen LogP contribution in [0, 0.1) is 5.92 Å². The number of aromatic nitrogens is 2. The van der Waals surface area contributed by atoms with Crippen molar-refractivity contribution in [2.45, 2.75) is 45.7 Å². The molecule has 0 fully saturated rings. The van der Waals surface area contributed by atoms with E-state index >= 15 is 0 Å². The molecule has 21 heavy (non-hydrogen) atoms. The predicted molar refractivity (Wildman–Crippen MR) is 78.9 cm³/mol. The standard InChI is InChI=1S/C14H24N4O3/c1-11(4-5-13(19)20)6-8-15-14(21)17-12(2)10-18-9-3-7-16-18/h3,7,9,11-12H,4-6,8,10H2,1-2H3,(H,19,20)(H2,15,17,21). The molecular weight excluding hydrogens is 272 g/mol. The molecular formula is C14H24N4O3. The zero-order chi connectivity index (χ0) is 15.7. The minimum Gasteiger partial charge on any atom is -0.481 e. The Morgan fingerprint density at radius 1 is 1.33 bits per heavy atom. The molecule has 0 aliphatic carbocycles. The number of carboxylic acid groups (broad SMARTS) is 1. The number of aliphatic carboxylic acids is 1. The van der Waals surface area contributed by atoms with Crippen LogP contribution in [0.4, 0.5) is 4.79 Å². The van der Waals surface area contributed by atoms with Crippen molar-refractivity contribution in [3.8, 4) is 0 Å². The summed E-state index contributed by atoms with van der Waals surface area (Å²) in [5, 5.41) is 18.3. The van der Waals surface area contributed by atoms with Crippen molar-refractivity contribution < 1.29 is 14.7 Å². The van der Waals surface area contributed by atoms with Gasteiger partial charge in [-0.05, 0) is 31.7 Å². The molecule has 3 N–H and O–H groups in total. The maximum Gasteiger partial charge on any atom is 0.315 e. The fourth-order valence-electron chi connectivity index (χ4n) is 1.96. The van der Waals surface area contributed by atoms with Crippen molar-refractivity contribution in [2.24, 2.45) is 5.92 Å². The summed E-state index contributed by atoms with van der Waals surface area (Å²) in [5.74, 6) is -0.497. The maximum atomic E-state index is 11.7. The second kappa shape index (κ2) is 8.99. The molecule has 0 saturated heterocycles. The molecule has 2 unspecified atom stereocenters. The van der Waals surface area contributed by atoms with Crippen LogP contribution in [-0.4, -0.2) is 39.5 Å². The average Bonchev–Trinajstić information content (AvgIpc) is 2.88. The van der Waals surface area contributed by atoms with Crippen LogP contribution in [-0.2, 0) is 11.3 Å². The van der Waals surface area contributed by atoms with Gasteiger partial charge in [0.25, 0.3) is 0 Å². The molecule has 7 heteroatoms. The summed E-state index contributed by atoms with van der Waals surface area (Å²) in [6.07, 6.45) is 5.13. The van der Waals surface area contributed by atoms with Crippen LogP contribution < -0.4 is 10.6 Å². The van der Waals surface area contributed by atoms with Gasteiger partial charge in [0.15, 0.2) is 0 Å². The first kappa shape index (κ1) is 17.0. The summed E-state index contributed by atoms with van der Waals surface area (Å²) >= 11 is 0. The lowest BCUT2D eigenvalue weighted by atomic mass is 10.0. The summed E-state index contributed by atoms with van der Waals surface area (Å²) in [5.41, 5.74) is 0. The number of hydrogen-bond donors (Lipinski definition) is 3. The monoisotopic (exact) mass is 296 g/mol. The SMILES string of the molecule is CC(CCNC(=O)NC(C)Cn1cccn1)CCC(=O)O. The lowest BCUT2D eigenvalue weighted by Gasteiger charge is -2.15. The fourth-order valence-corrected chi connectivity index (χ4v) is 1.96. The van der Waals surface area contributed by atoms with Gasteiger partial charge in [0.2, 0.25) is 0 Å². The Balaban J connectivity index is 2.11. The lowest BCUT2D eigenvalue weighted by Crippen LogP contribution is -2.43. The zero-order valence-electron chi connectivity index (χ0n) is 12.6. The number of hydrogen-bond acceptors (Lipinski definition) is 3. The van der Waals surface area contributed by atoms with Gasteiger partial charge < -0.3 is 15.7 Å². The van der Waals surface area contributed by atoms with Gasteiger partial charge in [-0.2, -0.15) is 5.10 Å². The van der Waals surface area contributed by atoms with Gasteiger partial charge >= 0.3 is 12.0 Å². The second-order valence-electron chi connectivity index (χ2n) is 5.36. The molecule has 0 saturated carbocycles. The van der Waals surface area contributed by atoms with Gasteiger partial charge in [-0.15, -0.1) is 0 Å². The molecule has 0 spiro atoms. The average molecular weight is 296 g/mol. The molecule has 1 aromatic heterocycles. The van der Waals surface area contributed by atoms with E-state index in [2.05, 4.69) is 15.7 Å². The molecule has 0 aliphatic heterocycles. The smallest absolute Gasteiger partial charge is 0.315 e. The third kappa shape index (κ3) is 7.96. The van der Waals surface area contributed by atoms with E-state index in [1.807, 2.05) is 26.1 Å². The first-order chi connectivity index (χ1) is 9.97. The highest BCUT2D eigenvalue weighted by molar-refractivity contribution is 5.74. The summed E-state index contributed by atoms with van der Waals surface area (Å²) in [4.78, 5) is 22.1. The zero-order valence-corrected chi connectivity index (χ0v) is 12.6. The molecule has 0 aliphatic rings. The van der Waals surface area contributed by atoms with Crippen molar-refractivity contribution in [2.75, 3.05) is 6.54 Å². The van der Waals surface area contributed by atoms with E-state index in [1.54, 1.807) is 10.9 Å². The number of nitrogens with zero attached hydrogens (tertiary/aromatic N) is 2. The second-order valence-corrected chi connectivity index (χ2v) is 5.36. The third-order valence-corrected chi connectivity index (χ3v) is 3.17. The van der Waals surface area contributed by atoms with E-state index in [4.69, 9.17) is 5.11 Å². The summed E-state index contributed by atoms with van der Waals surface area (Å²) in [6.45, 7) is 5.07. The van der Waals surface area contributed by atoms with Gasteiger partial charge in [-0.25, -0.2) is 4.79 Å². The Morgan fingerprint density at radius 3 is 2.71 bits per heavy atom. The van der Waals surface area contributed by atoms with Crippen molar-refractivity contribution in [1.82, 2.24) is 20.4 Å². The van der Waals surface area contributed by atoms with Gasteiger partial charge in [-0.1, -0.05) is 6.92 Å². The Bertz CT molecular complexity index is 433. The molecule has 0 bridgehead atoms. The van der Waals surface area contributed by atoms with Crippen molar-refractivity contribution in [3.05, 3.63) is 18.5 Å². The minimum atomic E-state index is -0.778. The number of carboxylic acids is 1. The van der Waals surface area contributed by atoms with Crippen LogP contribution in [0.1, 0.15) is 33.1 Å². The molecule has 2 atom stereocenters. The van der Waals surface area contributed by atoms with Crippen molar-refractivity contribution >= 4 is 12.0 Å². The Labute approximate surface area is 124 Å². The van der Waals surface area contributed by atoms with Crippen molar-refractivity contribution in [3.63, 3.8) is 0 Å². The van der Waals surface area contributed by atoms with E-state index < -0.39 is 5.97 Å². The molecule has 118 valence electrons. The molecule has 7 nitrogen and oxygen atoms in total. The van der Waals surface area contributed by atoms with Gasteiger partial charge in [0.1, 0.15) is 0 Å². The largest absolute Gasteiger partial charge is 0.481 e. The Hall–Kier alpha value is -2.05. The number of carbonyl (C=O) groups excluding carboxylic acids is 1. The molecule has 1 heterocycles. The number of urea groups is 1. The number of nitrogens with one attached hydrogen (secondary N) is 2. The van der Waals surface area contributed by atoms with Crippen LogP contribution in [0.5, 0.6) is 0 Å².